The molecule has 0 atom stereocenters. The number of hydrogen-bond donors (Lipinski definition) is 2. The third-order valence-electron chi connectivity index (χ3n) is 4.50. The molecule has 1 aromatic carbocycles. The molecule has 25 heavy (non-hydrogen) atoms. The minimum absolute atomic E-state index is 0.353. The van der Waals surface area contributed by atoms with Gasteiger partial charge in [-0.3, -0.25) is 4.98 Å². The fraction of sp³-hybridized carbons (Fsp3) is 0.526. The third-order valence-corrected chi connectivity index (χ3v) is 4.50. The maximum absolute atomic E-state index is 12.8. The van der Waals surface area contributed by atoms with Crippen LogP contribution in [0.15, 0.2) is 30.5 Å². The largest absolute Gasteiger partial charge is 0.416 e. The number of hydrogen-bond acceptors (Lipinski definition) is 3. The van der Waals surface area contributed by atoms with Gasteiger partial charge in [0.1, 0.15) is 0 Å². The molecule has 0 saturated heterocycles. The van der Waals surface area contributed by atoms with Crippen LogP contribution in [0.5, 0.6) is 0 Å². The van der Waals surface area contributed by atoms with Gasteiger partial charge in [-0.2, -0.15) is 13.2 Å². The fourth-order valence-electron chi connectivity index (χ4n) is 2.80. The van der Waals surface area contributed by atoms with Crippen molar-refractivity contribution in [1.82, 2.24) is 10.3 Å². The molecule has 0 bridgehead atoms. The molecule has 2 rings (SSSR count). The summed E-state index contributed by atoms with van der Waals surface area (Å²) >= 11 is 0. The molecular formula is C19H26F3N3. The molecule has 138 valence electrons. The van der Waals surface area contributed by atoms with Gasteiger partial charge in [0.05, 0.1) is 11.1 Å². The van der Waals surface area contributed by atoms with Crippen LogP contribution in [0.25, 0.3) is 10.9 Å². The lowest BCUT2D eigenvalue weighted by molar-refractivity contribution is -0.137. The topological polar surface area (TPSA) is 37.0 Å². The second-order valence-electron chi connectivity index (χ2n) is 6.26. The number of nitrogens with one attached hydrogen (secondary N) is 2. The summed E-state index contributed by atoms with van der Waals surface area (Å²) in [6.07, 6.45) is 0.510. The zero-order valence-corrected chi connectivity index (χ0v) is 14.8. The van der Waals surface area contributed by atoms with Crippen molar-refractivity contribution in [3.8, 4) is 0 Å². The Morgan fingerprint density at radius 2 is 1.84 bits per heavy atom. The predicted octanol–water partition coefficient (Wildman–Crippen LogP) is 5.08. The van der Waals surface area contributed by atoms with Crippen LogP contribution in [0.4, 0.5) is 18.9 Å². The highest BCUT2D eigenvalue weighted by atomic mass is 19.4. The lowest BCUT2D eigenvalue weighted by Gasteiger charge is -2.14. The third kappa shape index (κ3) is 5.59. The summed E-state index contributed by atoms with van der Waals surface area (Å²) in [6, 6.07) is 5.48. The minimum atomic E-state index is -4.35. The number of nitrogens with zero attached hydrogens (tertiary/aromatic N) is 1. The van der Waals surface area contributed by atoms with Gasteiger partial charge in [0.2, 0.25) is 0 Å². The molecule has 0 unspecified atom stereocenters. The van der Waals surface area contributed by atoms with Gasteiger partial charge in [0, 0.05) is 23.8 Å². The monoisotopic (exact) mass is 353 g/mol. The summed E-state index contributed by atoms with van der Waals surface area (Å²) < 4.78 is 38.4. The average molecular weight is 353 g/mol. The predicted molar refractivity (Wildman–Crippen MR) is 96.8 cm³/mol. The Labute approximate surface area is 147 Å². The van der Waals surface area contributed by atoms with E-state index < -0.39 is 11.7 Å². The Morgan fingerprint density at radius 3 is 2.52 bits per heavy atom. The van der Waals surface area contributed by atoms with Crippen molar-refractivity contribution in [2.75, 3.05) is 25.0 Å². The molecule has 1 heterocycles. The maximum atomic E-state index is 12.8. The number of benzene rings is 1. The van der Waals surface area contributed by atoms with Crippen LogP contribution < -0.4 is 10.6 Å². The standard InChI is InChI=1S/C19H26F3N3/c1-3-14(4-2)13-23-9-5-10-24-17-8-11-25-18-12-15(19(20,21)22)6-7-16(17)18/h6-8,11-12,14,23H,3-5,9-10,13H2,1-2H3,(H,24,25). The molecule has 0 spiro atoms. The van der Waals surface area contributed by atoms with E-state index in [9.17, 15) is 13.2 Å². The van der Waals surface area contributed by atoms with Gasteiger partial charge >= 0.3 is 6.18 Å². The van der Waals surface area contributed by atoms with Crippen molar-refractivity contribution in [2.24, 2.45) is 5.92 Å². The first-order chi connectivity index (χ1) is 12.0. The van der Waals surface area contributed by atoms with E-state index in [1.165, 1.54) is 25.1 Å². The van der Waals surface area contributed by atoms with Crippen molar-refractivity contribution in [1.29, 1.82) is 0 Å². The normalized spacial score (nSPS) is 12.1. The van der Waals surface area contributed by atoms with Gasteiger partial charge < -0.3 is 10.6 Å². The van der Waals surface area contributed by atoms with E-state index in [1.807, 2.05) is 0 Å². The summed E-state index contributed by atoms with van der Waals surface area (Å²) in [5.41, 5.74) is 0.501. The highest BCUT2D eigenvalue weighted by molar-refractivity contribution is 5.91. The van der Waals surface area contributed by atoms with Gasteiger partial charge in [-0.05, 0) is 43.6 Å². The first kappa shape index (κ1) is 19.5. The second kappa shape index (κ2) is 9.04. The van der Waals surface area contributed by atoms with E-state index >= 15 is 0 Å². The molecule has 0 aliphatic carbocycles. The van der Waals surface area contributed by atoms with E-state index in [-0.39, 0.29) is 0 Å². The summed E-state index contributed by atoms with van der Waals surface area (Å²) in [5.74, 6) is 0.722. The van der Waals surface area contributed by atoms with Crippen LogP contribution in [0, 0.1) is 5.92 Å². The zero-order chi connectivity index (χ0) is 18.3. The highest BCUT2D eigenvalue weighted by Crippen LogP contribution is 2.32. The minimum Gasteiger partial charge on any atom is -0.384 e. The number of halogens is 3. The van der Waals surface area contributed by atoms with Crippen molar-refractivity contribution in [2.45, 2.75) is 39.3 Å². The molecule has 0 aliphatic heterocycles. The quantitative estimate of drug-likeness (QED) is 0.617. The van der Waals surface area contributed by atoms with Gasteiger partial charge in [-0.1, -0.05) is 32.8 Å². The Kier molecular flexibility index (Phi) is 7.05. The number of anilines is 1. The molecular weight excluding hydrogens is 327 g/mol. The molecule has 0 saturated carbocycles. The fourth-order valence-corrected chi connectivity index (χ4v) is 2.80. The lowest BCUT2D eigenvalue weighted by Crippen LogP contribution is -2.24. The summed E-state index contributed by atoms with van der Waals surface area (Å²) in [5, 5.41) is 7.47. The molecule has 2 aromatic rings. The van der Waals surface area contributed by atoms with Crippen LogP contribution in [0.1, 0.15) is 38.7 Å². The summed E-state index contributed by atoms with van der Waals surface area (Å²) in [6.45, 7) is 7.12. The molecule has 0 fully saturated rings. The number of aromatic nitrogens is 1. The smallest absolute Gasteiger partial charge is 0.384 e. The molecule has 1 aromatic heterocycles. The molecule has 0 amide bonds. The Balaban J connectivity index is 1.89. The Bertz CT molecular complexity index is 667. The van der Waals surface area contributed by atoms with Crippen molar-refractivity contribution in [3.63, 3.8) is 0 Å². The van der Waals surface area contributed by atoms with Crippen LogP contribution in [-0.2, 0) is 6.18 Å². The molecule has 3 nitrogen and oxygen atoms in total. The van der Waals surface area contributed by atoms with Gasteiger partial charge in [-0.15, -0.1) is 0 Å². The number of rotatable bonds is 9. The second-order valence-corrected chi connectivity index (χ2v) is 6.26. The molecule has 2 N–H and O–H groups in total. The van der Waals surface area contributed by atoms with E-state index in [2.05, 4.69) is 29.5 Å². The maximum Gasteiger partial charge on any atom is 0.416 e. The Hall–Kier alpha value is -1.82. The SMILES string of the molecule is CCC(CC)CNCCCNc1ccnc2cc(C(F)(F)F)ccc12. The van der Waals surface area contributed by atoms with E-state index in [0.29, 0.717) is 10.9 Å². The van der Waals surface area contributed by atoms with Gasteiger partial charge in [0.15, 0.2) is 0 Å². The van der Waals surface area contributed by atoms with Crippen molar-refractivity contribution < 1.29 is 13.2 Å². The summed E-state index contributed by atoms with van der Waals surface area (Å²) in [4.78, 5) is 4.06. The molecule has 0 aliphatic rings. The lowest BCUT2D eigenvalue weighted by atomic mass is 10.0. The zero-order valence-electron chi connectivity index (χ0n) is 14.8. The summed E-state index contributed by atoms with van der Waals surface area (Å²) in [7, 11) is 0. The molecule has 0 radical (unpaired) electrons. The van der Waals surface area contributed by atoms with E-state index in [0.717, 1.165) is 49.8 Å². The number of fused-ring (bicyclic) bond motifs is 1. The van der Waals surface area contributed by atoms with Gasteiger partial charge in [0.25, 0.3) is 0 Å². The van der Waals surface area contributed by atoms with Crippen LogP contribution in [0.2, 0.25) is 0 Å². The van der Waals surface area contributed by atoms with E-state index in [1.54, 1.807) is 6.07 Å². The van der Waals surface area contributed by atoms with Crippen LogP contribution >= 0.6 is 0 Å². The van der Waals surface area contributed by atoms with Crippen LogP contribution in [0.3, 0.4) is 0 Å². The first-order valence-electron chi connectivity index (χ1n) is 8.86. The highest BCUT2D eigenvalue weighted by Gasteiger charge is 2.30. The average Bonchev–Trinajstić information content (AvgIpc) is 2.60. The van der Waals surface area contributed by atoms with E-state index in [4.69, 9.17) is 0 Å². The van der Waals surface area contributed by atoms with Crippen molar-refractivity contribution in [3.05, 3.63) is 36.0 Å². The Morgan fingerprint density at radius 1 is 1.08 bits per heavy atom. The van der Waals surface area contributed by atoms with Crippen molar-refractivity contribution >= 4 is 16.6 Å². The number of pyridine rings is 1. The molecule has 6 heteroatoms. The number of alkyl halides is 3. The van der Waals surface area contributed by atoms with Gasteiger partial charge in [-0.25, -0.2) is 0 Å². The van der Waals surface area contributed by atoms with Crippen LogP contribution in [-0.4, -0.2) is 24.6 Å². The first-order valence-corrected chi connectivity index (χ1v) is 8.86.